The van der Waals surface area contributed by atoms with E-state index < -0.39 is 0 Å². The van der Waals surface area contributed by atoms with Gasteiger partial charge in [-0.05, 0) is 69.0 Å². The van der Waals surface area contributed by atoms with Crippen LogP contribution in [0.2, 0.25) is 0 Å². The van der Waals surface area contributed by atoms with Gasteiger partial charge >= 0.3 is 0 Å². The number of Topliss-reactive ketones (excluding diaryl/α,β-unsaturated/α-hetero) is 1. The number of carbonyl (C=O) groups is 1. The highest BCUT2D eigenvalue weighted by molar-refractivity contribution is 7.17. The molecule has 0 bridgehead atoms. The van der Waals surface area contributed by atoms with Gasteiger partial charge in [0.1, 0.15) is 11.2 Å². The van der Waals surface area contributed by atoms with Crippen LogP contribution in [-0.4, -0.2) is 54.9 Å². The zero-order chi connectivity index (χ0) is 24.8. The van der Waals surface area contributed by atoms with Gasteiger partial charge in [-0.15, -0.1) is 11.3 Å². The summed E-state index contributed by atoms with van der Waals surface area (Å²) in [5.74, 6) is 0.0560. The molecule has 0 atom stereocenters. The van der Waals surface area contributed by atoms with E-state index in [9.17, 15) is 4.79 Å². The second kappa shape index (κ2) is 8.78. The summed E-state index contributed by atoms with van der Waals surface area (Å²) in [7, 11) is 4.08. The Kier molecular flexibility index (Phi) is 5.43. The van der Waals surface area contributed by atoms with Crippen LogP contribution in [0, 0.1) is 0 Å². The lowest BCUT2D eigenvalue weighted by Crippen LogP contribution is -2.10. The molecule has 0 aliphatic heterocycles. The molecule has 0 saturated carbocycles. The van der Waals surface area contributed by atoms with Gasteiger partial charge in [-0.1, -0.05) is 0 Å². The topological polar surface area (TPSA) is 103 Å². The summed E-state index contributed by atoms with van der Waals surface area (Å²) in [6, 6.07) is 13.9. The number of pyridine rings is 3. The van der Waals surface area contributed by atoms with E-state index in [4.69, 9.17) is 4.98 Å². The van der Waals surface area contributed by atoms with Crippen LogP contribution in [0.3, 0.4) is 0 Å². The van der Waals surface area contributed by atoms with Gasteiger partial charge < -0.3 is 9.88 Å². The monoisotopic (exact) mass is 493 g/mol. The predicted octanol–water partition coefficient (Wildman–Crippen LogP) is 5.56. The Morgan fingerprint density at radius 3 is 2.72 bits per heavy atom. The van der Waals surface area contributed by atoms with E-state index >= 15 is 0 Å². The number of H-pyrrole nitrogens is 2. The molecular weight excluding hydrogens is 470 g/mol. The number of nitrogens with zero attached hydrogens (tertiary/aromatic N) is 5. The highest BCUT2D eigenvalue weighted by Gasteiger charge is 2.17. The van der Waals surface area contributed by atoms with Gasteiger partial charge in [-0.3, -0.25) is 19.9 Å². The maximum absolute atomic E-state index is 11.8. The molecule has 0 spiro atoms. The van der Waals surface area contributed by atoms with Crippen LogP contribution in [0.4, 0.5) is 0 Å². The Balaban J connectivity index is 1.43. The molecule has 0 saturated heterocycles. The lowest BCUT2D eigenvalue weighted by atomic mass is 10.1. The van der Waals surface area contributed by atoms with Crippen molar-refractivity contribution in [3.8, 4) is 33.2 Å². The van der Waals surface area contributed by atoms with Crippen LogP contribution in [0.15, 0.2) is 61.1 Å². The van der Waals surface area contributed by atoms with E-state index in [0.29, 0.717) is 0 Å². The smallest absolute Gasteiger partial charge is 0.169 e. The number of nitrogens with one attached hydrogen (secondary N) is 2. The minimum Gasteiger partial charge on any atom is -0.353 e. The predicted molar refractivity (Wildman–Crippen MR) is 143 cm³/mol. The number of rotatable bonds is 6. The molecule has 6 heterocycles. The maximum Gasteiger partial charge on any atom is 0.169 e. The van der Waals surface area contributed by atoms with Crippen molar-refractivity contribution in [2.24, 2.45) is 0 Å². The molecule has 6 rings (SSSR count). The minimum absolute atomic E-state index is 0.0560. The Morgan fingerprint density at radius 1 is 1.03 bits per heavy atom. The summed E-state index contributed by atoms with van der Waals surface area (Å²) < 4.78 is 0. The molecule has 178 valence electrons. The molecule has 0 unspecified atom stereocenters. The first-order valence-electron chi connectivity index (χ1n) is 11.5. The normalized spacial score (nSPS) is 11.7. The molecule has 0 aliphatic carbocycles. The van der Waals surface area contributed by atoms with Crippen molar-refractivity contribution < 1.29 is 4.79 Å². The zero-order valence-corrected chi connectivity index (χ0v) is 20.8. The van der Waals surface area contributed by atoms with Gasteiger partial charge in [0.05, 0.1) is 32.4 Å². The lowest BCUT2D eigenvalue weighted by Gasteiger charge is -2.10. The Morgan fingerprint density at radius 2 is 1.92 bits per heavy atom. The molecule has 2 N–H and O–H groups in total. The van der Waals surface area contributed by atoms with Crippen molar-refractivity contribution in [2.75, 3.05) is 14.1 Å². The standard InChI is InChI=1S/C27H23N7OS/c1-15(35)23-6-7-24(36-23)25-18-11-22(30-20(18)8-9-29-25)27-26-21(32-33-27)5-4-19(31-26)17-10-16(12-28-13-17)14-34(2)3/h4-13,30H,14H2,1-3H3,(H,32,33). The summed E-state index contributed by atoms with van der Waals surface area (Å²) in [6.07, 6.45) is 5.50. The molecule has 0 fully saturated rings. The van der Waals surface area contributed by atoms with E-state index in [1.807, 2.05) is 62.9 Å². The molecule has 36 heavy (non-hydrogen) atoms. The first-order valence-corrected chi connectivity index (χ1v) is 12.3. The highest BCUT2D eigenvalue weighted by atomic mass is 32.1. The first kappa shape index (κ1) is 22.3. The fourth-order valence-corrected chi connectivity index (χ4v) is 5.27. The summed E-state index contributed by atoms with van der Waals surface area (Å²) in [6.45, 7) is 2.39. The Bertz CT molecular complexity index is 1740. The van der Waals surface area contributed by atoms with E-state index in [1.54, 1.807) is 13.1 Å². The molecule has 9 heteroatoms. The van der Waals surface area contributed by atoms with Gasteiger partial charge in [0.15, 0.2) is 5.78 Å². The van der Waals surface area contributed by atoms with Crippen molar-refractivity contribution in [3.05, 3.63) is 71.5 Å². The highest BCUT2D eigenvalue weighted by Crippen LogP contribution is 2.35. The number of aromatic nitrogens is 6. The third-order valence-electron chi connectivity index (χ3n) is 5.99. The molecule has 6 aromatic rings. The number of fused-ring (bicyclic) bond motifs is 2. The second-order valence-electron chi connectivity index (χ2n) is 9.01. The average Bonchev–Trinajstić information content (AvgIpc) is 3.60. The fourth-order valence-electron chi connectivity index (χ4n) is 4.36. The fraction of sp³-hybridized carbons (Fsp3) is 0.148. The number of carbonyl (C=O) groups excluding carboxylic acids is 1. The summed E-state index contributed by atoms with van der Waals surface area (Å²) in [5.41, 5.74) is 7.93. The maximum atomic E-state index is 11.8. The zero-order valence-electron chi connectivity index (χ0n) is 20.0. The largest absolute Gasteiger partial charge is 0.353 e. The van der Waals surface area contributed by atoms with E-state index in [2.05, 4.69) is 36.1 Å². The van der Waals surface area contributed by atoms with Crippen molar-refractivity contribution in [1.29, 1.82) is 0 Å². The molecule has 0 aromatic carbocycles. The summed E-state index contributed by atoms with van der Waals surface area (Å²) in [5, 5.41) is 8.65. The SMILES string of the molecule is CC(=O)c1ccc(-c2nccc3[nH]c(-c4n[nH]c5ccc(-c6cncc(CN(C)C)c6)nc45)cc23)s1. The van der Waals surface area contributed by atoms with Crippen LogP contribution in [0.25, 0.3) is 55.2 Å². The van der Waals surface area contributed by atoms with Gasteiger partial charge in [-0.2, -0.15) is 5.10 Å². The molecule has 8 nitrogen and oxygen atoms in total. The summed E-state index contributed by atoms with van der Waals surface area (Å²) in [4.78, 5) is 33.0. The Labute approximate surface area is 211 Å². The third kappa shape index (κ3) is 3.98. The van der Waals surface area contributed by atoms with E-state index in [-0.39, 0.29) is 5.78 Å². The molecule has 0 radical (unpaired) electrons. The molecule has 0 amide bonds. The number of hydrogen-bond donors (Lipinski definition) is 2. The van der Waals surface area contributed by atoms with Crippen LogP contribution in [0.5, 0.6) is 0 Å². The van der Waals surface area contributed by atoms with Gasteiger partial charge in [0, 0.05) is 41.6 Å². The van der Waals surface area contributed by atoms with Crippen LogP contribution < -0.4 is 0 Å². The molecular formula is C27H23N7OS. The van der Waals surface area contributed by atoms with Gasteiger partial charge in [-0.25, -0.2) is 4.98 Å². The first-order chi connectivity index (χ1) is 17.5. The van der Waals surface area contributed by atoms with Crippen LogP contribution >= 0.6 is 11.3 Å². The van der Waals surface area contributed by atoms with Crippen LogP contribution in [0.1, 0.15) is 22.2 Å². The van der Waals surface area contributed by atoms with Crippen molar-refractivity contribution in [2.45, 2.75) is 13.5 Å². The van der Waals surface area contributed by atoms with Crippen molar-refractivity contribution in [1.82, 2.24) is 35.0 Å². The average molecular weight is 494 g/mol. The number of thiophene rings is 1. The number of ketones is 1. The number of aromatic amines is 2. The lowest BCUT2D eigenvalue weighted by molar-refractivity contribution is 0.102. The molecule has 6 aromatic heterocycles. The summed E-state index contributed by atoms with van der Waals surface area (Å²) >= 11 is 1.45. The quantitative estimate of drug-likeness (QED) is 0.295. The van der Waals surface area contributed by atoms with E-state index in [1.165, 1.54) is 11.3 Å². The Hall–Kier alpha value is -4.21. The second-order valence-corrected chi connectivity index (χ2v) is 10.1. The van der Waals surface area contributed by atoms with Gasteiger partial charge in [0.2, 0.25) is 0 Å². The van der Waals surface area contributed by atoms with Crippen LogP contribution in [-0.2, 0) is 6.54 Å². The van der Waals surface area contributed by atoms with E-state index in [0.717, 1.165) is 72.1 Å². The molecule has 0 aliphatic rings. The third-order valence-corrected chi connectivity index (χ3v) is 7.18. The van der Waals surface area contributed by atoms with Crippen molar-refractivity contribution in [3.63, 3.8) is 0 Å². The minimum atomic E-state index is 0.0560. The van der Waals surface area contributed by atoms with Gasteiger partial charge in [0.25, 0.3) is 0 Å². The van der Waals surface area contributed by atoms with Crippen molar-refractivity contribution >= 4 is 39.1 Å². The number of hydrogen-bond acceptors (Lipinski definition) is 7.